The molecule has 2 heterocycles. The molecular weight excluding hydrogens is 447 g/mol. The Morgan fingerprint density at radius 1 is 0.943 bits per heavy atom. The van der Waals surface area contributed by atoms with Crippen molar-refractivity contribution in [3.8, 4) is 5.75 Å². The van der Waals surface area contributed by atoms with Crippen LogP contribution in [-0.4, -0.2) is 67.1 Å². The van der Waals surface area contributed by atoms with Crippen molar-refractivity contribution in [2.45, 2.75) is 57.2 Å². The zero-order valence-corrected chi connectivity index (χ0v) is 20.5. The van der Waals surface area contributed by atoms with Crippen molar-refractivity contribution < 1.29 is 23.5 Å². The molecule has 6 nitrogen and oxygen atoms in total. The van der Waals surface area contributed by atoms with E-state index in [0.29, 0.717) is 43.1 Å². The number of carbonyl (C=O) groups is 2. The molecule has 2 aliphatic rings. The van der Waals surface area contributed by atoms with Gasteiger partial charge in [0, 0.05) is 20.2 Å². The largest absolute Gasteiger partial charge is 0.485 e. The predicted octanol–water partition coefficient (Wildman–Crippen LogP) is 4.47. The number of para-hydroxylation sites is 1. The predicted molar refractivity (Wildman–Crippen MR) is 132 cm³/mol. The Morgan fingerprint density at radius 3 is 2.46 bits per heavy atom. The van der Waals surface area contributed by atoms with Crippen molar-refractivity contribution in [2.75, 3.05) is 33.3 Å². The van der Waals surface area contributed by atoms with Gasteiger partial charge in [0.1, 0.15) is 23.8 Å². The van der Waals surface area contributed by atoms with Gasteiger partial charge in [0.05, 0.1) is 25.1 Å². The monoisotopic (exact) mass is 482 g/mol. The highest BCUT2D eigenvalue weighted by molar-refractivity contribution is 5.96. The lowest BCUT2D eigenvalue weighted by atomic mass is 10.1. The normalized spacial score (nSPS) is 22.3. The number of halogens is 1. The molecule has 1 fully saturated rings. The molecule has 2 atom stereocenters. The van der Waals surface area contributed by atoms with Gasteiger partial charge in [-0.2, -0.15) is 0 Å². The fourth-order valence-electron chi connectivity index (χ4n) is 4.75. The summed E-state index contributed by atoms with van der Waals surface area (Å²) in [4.78, 5) is 29.6. The first-order valence-electron chi connectivity index (χ1n) is 12.7. The maximum Gasteiger partial charge on any atom is 0.257 e. The van der Waals surface area contributed by atoms with Crippen LogP contribution in [0.2, 0.25) is 0 Å². The second-order valence-corrected chi connectivity index (χ2v) is 9.48. The van der Waals surface area contributed by atoms with Crippen molar-refractivity contribution in [3.63, 3.8) is 0 Å². The first-order chi connectivity index (χ1) is 17.0. The van der Waals surface area contributed by atoms with Gasteiger partial charge < -0.3 is 19.3 Å². The van der Waals surface area contributed by atoms with Gasteiger partial charge in [0.15, 0.2) is 0 Å². The van der Waals surface area contributed by atoms with Gasteiger partial charge in [-0.15, -0.1) is 0 Å². The van der Waals surface area contributed by atoms with Gasteiger partial charge in [-0.3, -0.25) is 9.59 Å². The standard InChI is InChI=1S/C28H35FN2O4/c1-30-16-10-4-2-3-5-11-17-34-25-19-31(27(32)18-21-12-6-8-14-23(21)29)20-26(25)35-24-15-9-7-13-22(24)28(30)33/h6-9,12-15,25-26H,2-5,10-11,16-20H2,1H3/t25-,26-/m1/s1. The number of rotatable bonds is 2. The van der Waals surface area contributed by atoms with E-state index in [0.717, 1.165) is 38.5 Å². The highest BCUT2D eigenvalue weighted by atomic mass is 19.1. The summed E-state index contributed by atoms with van der Waals surface area (Å²) in [5.41, 5.74) is 0.890. The van der Waals surface area contributed by atoms with Crippen LogP contribution >= 0.6 is 0 Å². The van der Waals surface area contributed by atoms with Crippen molar-refractivity contribution in [1.29, 1.82) is 0 Å². The van der Waals surface area contributed by atoms with Crippen LogP contribution in [0.1, 0.15) is 54.4 Å². The van der Waals surface area contributed by atoms with Gasteiger partial charge in [0.25, 0.3) is 5.91 Å². The summed E-state index contributed by atoms with van der Waals surface area (Å²) in [6.07, 6.45) is 5.68. The topological polar surface area (TPSA) is 59.1 Å². The summed E-state index contributed by atoms with van der Waals surface area (Å²) in [6, 6.07) is 13.6. The Hall–Kier alpha value is -2.93. The maximum absolute atomic E-state index is 14.1. The first-order valence-corrected chi connectivity index (χ1v) is 12.7. The van der Waals surface area contributed by atoms with Crippen LogP contribution in [0.15, 0.2) is 48.5 Å². The van der Waals surface area contributed by atoms with E-state index >= 15 is 0 Å². The molecule has 2 aromatic carbocycles. The smallest absolute Gasteiger partial charge is 0.257 e. The number of fused-ring (bicyclic) bond motifs is 2. The van der Waals surface area contributed by atoms with Gasteiger partial charge in [-0.25, -0.2) is 4.39 Å². The summed E-state index contributed by atoms with van der Waals surface area (Å²) in [5.74, 6) is -0.117. The van der Waals surface area contributed by atoms with E-state index in [1.54, 1.807) is 40.1 Å². The minimum Gasteiger partial charge on any atom is -0.485 e. The Labute approximate surface area is 207 Å². The number of amides is 2. The lowest BCUT2D eigenvalue weighted by Gasteiger charge is -2.24. The van der Waals surface area contributed by atoms with Crippen LogP contribution in [-0.2, 0) is 16.0 Å². The third-order valence-electron chi connectivity index (χ3n) is 6.83. The van der Waals surface area contributed by atoms with E-state index in [1.165, 1.54) is 6.07 Å². The summed E-state index contributed by atoms with van der Waals surface area (Å²) in [7, 11) is 1.83. The average Bonchev–Trinajstić information content (AvgIpc) is 3.26. The van der Waals surface area contributed by atoms with E-state index in [-0.39, 0.29) is 30.2 Å². The molecule has 0 aromatic heterocycles. The first kappa shape index (κ1) is 25.2. The second-order valence-electron chi connectivity index (χ2n) is 9.48. The Kier molecular flexibility index (Phi) is 8.74. The Balaban J connectivity index is 1.52. The van der Waals surface area contributed by atoms with Crippen molar-refractivity contribution in [3.05, 3.63) is 65.5 Å². The molecule has 0 aliphatic carbocycles. The summed E-state index contributed by atoms with van der Waals surface area (Å²) < 4.78 is 26.7. The zero-order chi connectivity index (χ0) is 24.6. The molecule has 4 rings (SSSR count). The fraction of sp³-hybridized carbons (Fsp3) is 0.500. The Morgan fingerprint density at radius 2 is 1.63 bits per heavy atom. The quantitative estimate of drug-likeness (QED) is 0.634. The molecule has 0 spiro atoms. The third kappa shape index (κ3) is 6.60. The third-order valence-corrected chi connectivity index (χ3v) is 6.83. The lowest BCUT2D eigenvalue weighted by Crippen LogP contribution is -2.34. The number of carbonyl (C=O) groups excluding carboxylic acids is 2. The minimum atomic E-state index is -0.410. The van der Waals surface area contributed by atoms with Crippen molar-refractivity contribution >= 4 is 11.8 Å². The molecular formula is C28H35FN2O4. The maximum atomic E-state index is 14.1. The highest BCUT2D eigenvalue weighted by Crippen LogP contribution is 2.26. The van der Waals surface area contributed by atoms with Gasteiger partial charge >= 0.3 is 0 Å². The van der Waals surface area contributed by atoms with E-state index in [4.69, 9.17) is 9.47 Å². The van der Waals surface area contributed by atoms with Crippen LogP contribution in [0.4, 0.5) is 4.39 Å². The van der Waals surface area contributed by atoms with E-state index in [2.05, 4.69) is 0 Å². The van der Waals surface area contributed by atoms with Crippen molar-refractivity contribution in [1.82, 2.24) is 9.80 Å². The molecule has 188 valence electrons. The summed E-state index contributed by atoms with van der Waals surface area (Å²) in [5, 5.41) is 0. The molecule has 35 heavy (non-hydrogen) atoms. The summed E-state index contributed by atoms with van der Waals surface area (Å²) >= 11 is 0. The SMILES string of the molecule is CN1CCCCCCCCO[C@@H]2CN(C(=O)Cc3ccccc3F)C[C@H]2Oc2ccccc2C1=O. The number of hydrogen-bond acceptors (Lipinski definition) is 4. The van der Waals surface area contributed by atoms with Crippen LogP contribution in [0.3, 0.4) is 0 Å². The summed E-state index contributed by atoms with van der Waals surface area (Å²) in [6.45, 7) is 2.02. The number of ether oxygens (including phenoxy) is 2. The molecule has 2 aromatic rings. The lowest BCUT2D eigenvalue weighted by molar-refractivity contribution is -0.130. The van der Waals surface area contributed by atoms with E-state index in [9.17, 15) is 14.0 Å². The molecule has 0 radical (unpaired) electrons. The number of hydrogen-bond donors (Lipinski definition) is 0. The number of nitrogens with zero attached hydrogens (tertiary/aromatic N) is 2. The van der Waals surface area contributed by atoms with Gasteiger partial charge in [-0.05, 0) is 36.6 Å². The van der Waals surface area contributed by atoms with Gasteiger partial charge in [0.2, 0.25) is 5.91 Å². The molecule has 0 N–H and O–H groups in total. The van der Waals surface area contributed by atoms with Crippen LogP contribution in [0, 0.1) is 5.82 Å². The molecule has 2 aliphatic heterocycles. The number of likely N-dealkylation sites (tertiary alicyclic amines) is 1. The zero-order valence-electron chi connectivity index (χ0n) is 20.5. The molecule has 0 bridgehead atoms. The van der Waals surface area contributed by atoms with E-state index < -0.39 is 6.10 Å². The molecule has 1 saturated heterocycles. The second kappa shape index (κ2) is 12.2. The van der Waals surface area contributed by atoms with Gasteiger partial charge in [-0.1, -0.05) is 56.0 Å². The molecule has 0 saturated carbocycles. The highest BCUT2D eigenvalue weighted by Gasteiger charge is 2.38. The molecule has 0 unspecified atom stereocenters. The molecule has 2 amide bonds. The average molecular weight is 483 g/mol. The Bertz CT molecular complexity index is 1010. The minimum absolute atomic E-state index is 0.00796. The number of benzene rings is 2. The van der Waals surface area contributed by atoms with Crippen molar-refractivity contribution in [2.24, 2.45) is 0 Å². The van der Waals surface area contributed by atoms with Crippen LogP contribution in [0.5, 0.6) is 5.75 Å². The van der Waals surface area contributed by atoms with Crippen LogP contribution < -0.4 is 4.74 Å². The van der Waals surface area contributed by atoms with E-state index in [1.807, 2.05) is 19.2 Å². The molecule has 7 heteroatoms. The fourth-order valence-corrected chi connectivity index (χ4v) is 4.75. The van der Waals surface area contributed by atoms with Crippen LogP contribution in [0.25, 0.3) is 0 Å².